The largest absolute Gasteiger partial charge is 0.383 e. The molecule has 0 aliphatic carbocycles. The predicted octanol–water partition coefficient (Wildman–Crippen LogP) is 2.04. The molecule has 0 radical (unpaired) electrons. The van der Waals surface area contributed by atoms with Crippen LogP contribution in [0, 0.1) is 5.92 Å². The fourth-order valence-electron chi connectivity index (χ4n) is 2.66. The average molecular weight is 354 g/mol. The molecule has 1 aromatic carbocycles. The van der Waals surface area contributed by atoms with E-state index < -0.39 is 0 Å². The summed E-state index contributed by atoms with van der Waals surface area (Å²) in [7, 11) is 1.57. The highest BCUT2D eigenvalue weighted by molar-refractivity contribution is 6.34. The van der Waals surface area contributed by atoms with E-state index in [9.17, 15) is 9.59 Å². The van der Waals surface area contributed by atoms with Crippen molar-refractivity contribution in [1.82, 2.24) is 10.6 Å². The zero-order valence-corrected chi connectivity index (χ0v) is 14.6. The first-order valence-electron chi connectivity index (χ1n) is 8.17. The molecule has 7 heteroatoms. The molecule has 1 aliphatic rings. The molecule has 0 aromatic heterocycles. The molecule has 2 rings (SSSR count). The molecule has 0 saturated carbocycles. The smallest absolute Gasteiger partial charge is 0.252 e. The van der Waals surface area contributed by atoms with E-state index in [1.807, 2.05) is 0 Å². The number of carbonyl (C=O) groups is 2. The molecule has 132 valence electrons. The van der Waals surface area contributed by atoms with Gasteiger partial charge in [-0.05, 0) is 50.0 Å². The number of anilines is 1. The molecule has 1 heterocycles. The third-order valence-electron chi connectivity index (χ3n) is 4.03. The molecule has 1 fully saturated rings. The van der Waals surface area contributed by atoms with E-state index >= 15 is 0 Å². The number of benzene rings is 1. The minimum Gasteiger partial charge on any atom is -0.383 e. The van der Waals surface area contributed by atoms with Crippen LogP contribution >= 0.6 is 11.6 Å². The molecule has 1 saturated heterocycles. The molecule has 1 unspecified atom stereocenters. The Bertz CT molecular complexity index is 574. The highest BCUT2D eigenvalue weighted by atomic mass is 35.5. The molecule has 2 amide bonds. The van der Waals surface area contributed by atoms with E-state index in [2.05, 4.69) is 16.0 Å². The van der Waals surface area contributed by atoms with E-state index in [-0.39, 0.29) is 11.8 Å². The van der Waals surface area contributed by atoms with Crippen LogP contribution in [0.5, 0.6) is 0 Å². The molecule has 6 nitrogen and oxygen atoms in total. The number of amides is 2. The number of hydrogen-bond donors (Lipinski definition) is 3. The maximum absolute atomic E-state index is 12.0. The van der Waals surface area contributed by atoms with Crippen molar-refractivity contribution in [2.75, 3.05) is 38.7 Å². The Kier molecular flexibility index (Phi) is 7.49. The first kappa shape index (κ1) is 18.7. The standard InChI is InChI=1S/C17H24ClN3O3/c1-24-9-8-20-17(23)14-4-3-13(10-15(14)18)21-16(22)5-2-12-6-7-19-11-12/h3-4,10,12,19H,2,5-9,11H2,1H3,(H,20,23)(H,21,22). The molecule has 24 heavy (non-hydrogen) atoms. The Morgan fingerprint density at radius 1 is 1.42 bits per heavy atom. The van der Waals surface area contributed by atoms with Crippen LogP contribution in [0.3, 0.4) is 0 Å². The third kappa shape index (κ3) is 5.78. The fourth-order valence-corrected chi connectivity index (χ4v) is 2.92. The molecule has 1 atom stereocenters. The SMILES string of the molecule is COCCNC(=O)c1ccc(NC(=O)CCC2CCNC2)cc1Cl. The lowest BCUT2D eigenvalue weighted by Gasteiger charge is -2.11. The molecular weight excluding hydrogens is 330 g/mol. The molecule has 0 bridgehead atoms. The van der Waals surface area contributed by atoms with Gasteiger partial charge in [-0.2, -0.15) is 0 Å². The number of halogens is 1. The second-order valence-corrected chi connectivity index (χ2v) is 6.30. The number of rotatable bonds is 8. The first-order valence-corrected chi connectivity index (χ1v) is 8.55. The van der Waals surface area contributed by atoms with Crippen molar-refractivity contribution < 1.29 is 14.3 Å². The van der Waals surface area contributed by atoms with Crippen molar-refractivity contribution >= 4 is 29.1 Å². The normalized spacial score (nSPS) is 16.8. The molecule has 1 aromatic rings. The van der Waals surface area contributed by atoms with Gasteiger partial charge in [0, 0.05) is 25.8 Å². The number of methoxy groups -OCH3 is 1. The van der Waals surface area contributed by atoms with Crippen LogP contribution < -0.4 is 16.0 Å². The summed E-state index contributed by atoms with van der Waals surface area (Å²) in [6, 6.07) is 4.90. The third-order valence-corrected chi connectivity index (χ3v) is 4.34. The second-order valence-electron chi connectivity index (χ2n) is 5.89. The van der Waals surface area contributed by atoms with Gasteiger partial charge in [0.15, 0.2) is 0 Å². The molecule has 0 spiro atoms. The number of carbonyl (C=O) groups excluding carboxylic acids is 2. The quantitative estimate of drug-likeness (QED) is 0.625. The summed E-state index contributed by atoms with van der Waals surface area (Å²) < 4.78 is 4.88. The van der Waals surface area contributed by atoms with Gasteiger partial charge in [-0.3, -0.25) is 9.59 Å². The minimum atomic E-state index is -0.261. The van der Waals surface area contributed by atoms with Crippen molar-refractivity contribution in [3.05, 3.63) is 28.8 Å². The Morgan fingerprint density at radius 2 is 2.25 bits per heavy atom. The Morgan fingerprint density at radius 3 is 2.92 bits per heavy atom. The second kappa shape index (κ2) is 9.61. The van der Waals surface area contributed by atoms with E-state index in [0.29, 0.717) is 41.8 Å². The van der Waals surface area contributed by atoms with Gasteiger partial charge in [0.25, 0.3) is 5.91 Å². The van der Waals surface area contributed by atoms with Crippen LogP contribution in [-0.4, -0.2) is 45.2 Å². The topological polar surface area (TPSA) is 79.5 Å². The maximum atomic E-state index is 12.0. The lowest BCUT2D eigenvalue weighted by atomic mass is 10.0. The van der Waals surface area contributed by atoms with Crippen molar-refractivity contribution in [3.63, 3.8) is 0 Å². The fraction of sp³-hybridized carbons (Fsp3) is 0.529. The van der Waals surface area contributed by atoms with Crippen LogP contribution in [0.4, 0.5) is 5.69 Å². The van der Waals surface area contributed by atoms with Crippen molar-refractivity contribution in [2.24, 2.45) is 5.92 Å². The summed E-state index contributed by atoms with van der Waals surface area (Å²) in [5.74, 6) is 0.288. The summed E-state index contributed by atoms with van der Waals surface area (Å²) in [6.45, 7) is 2.88. The van der Waals surface area contributed by atoms with Crippen molar-refractivity contribution in [1.29, 1.82) is 0 Å². The highest BCUT2D eigenvalue weighted by Crippen LogP contribution is 2.22. The summed E-state index contributed by atoms with van der Waals surface area (Å²) >= 11 is 6.15. The number of hydrogen-bond acceptors (Lipinski definition) is 4. The van der Waals surface area contributed by atoms with Gasteiger partial charge in [0.05, 0.1) is 17.2 Å². The van der Waals surface area contributed by atoms with Gasteiger partial charge in [0.2, 0.25) is 5.91 Å². The van der Waals surface area contributed by atoms with Gasteiger partial charge in [-0.25, -0.2) is 0 Å². The lowest BCUT2D eigenvalue weighted by Crippen LogP contribution is -2.27. The maximum Gasteiger partial charge on any atom is 0.252 e. The summed E-state index contributed by atoms with van der Waals surface area (Å²) in [5, 5.41) is 9.14. The lowest BCUT2D eigenvalue weighted by molar-refractivity contribution is -0.116. The van der Waals surface area contributed by atoms with Crippen LogP contribution in [0.2, 0.25) is 5.02 Å². The zero-order chi connectivity index (χ0) is 17.4. The summed E-state index contributed by atoms with van der Waals surface area (Å²) in [5.41, 5.74) is 0.978. The van der Waals surface area contributed by atoms with Crippen molar-refractivity contribution in [2.45, 2.75) is 19.3 Å². The molecular formula is C17H24ClN3O3. The highest BCUT2D eigenvalue weighted by Gasteiger charge is 2.16. The van der Waals surface area contributed by atoms with Crippen LogP contribution in [0.15, 0.2) is 18.2 Å². The number of nitrogens with one attached hydrogen (secondary N) is 3. The Labute approximate surface area is 147 Å². The average Bonchev–Trinajstić information content (AvgIpc) is 3.06. The van der Waals surface area contributed by atoms with E-state index in [1.54, 1.807) is 25.3 Å². The zero-order valence-electron chi connectivity index (χ0n) is 13.9. The molecule has 1 aliphatic heterocycles. The first-order chi connectivity index (χ1) is 11.6. The van der Waals surface area contributed by atoms with Gasteiger partial charge in [-0.1, -0.05) is 11.6 Å². The summed E-state index contributed by atoms with van der Waals surface area (Å²) in [4.78, 5) is 24.0. The summed E-state index contributed by atoms with van der Waals surface area (Å²) in [6.07, 6.45) is 2.50. The Balaban J connectivity index is 1.84. The molecule has 3 N–H and O–H groups in total. The van der Waals surface area contributed by atoms with Gasteiger partial charge < -0.3 is 20.7 Å². The predicted molar refractivity (Wildman–Crippen MR) is 94.5 cm³/mol. The van der Waals surface area contributed by atoms with Gasteiger partial charge in [0.1, 0.15) is 0 Å². The van der Waals surface area contributed by atoms with Gasteiger partial charge >= 0.3 is 0 Å². The van der Waals surface area contributed by atoms with E-state index in [1.165, 1.54) is 0 Å². The van der Waals surface area contributed by atoms with Crippen LogP contribution in [-0.2, 0) is 9.53 Å². The Hall–Kier alpha value is -1.63. The van der Waals surface area contributed by atoms with Crippen molar-refractivity contribution in [3.8, 4) is 0 Å². The van der Waals surface area contributed by atoms with Gasteiger partial charge in [-0.15, -0.1) is 0 Å². The van der Waals surface area contributed by atoms with Crippen LogP contribution in [0.1, 0.15) is 29.6 Å². The van der Waals surface area contributed by atoms with Crippen LogP contribution in [0.25, 0.3) is 0 Å². The minimum absolute atomic E-state index is 0.0322. The van der Waals surface area contributed by atoms with E-state index in [4.69, 9.17) is 16.3 Å². The number of ether oxygens (including phenoxy) is 1. The monoisotopic (exact) mass is 353 g/mol. The van der Waals surface area contributed by atoms with E-state index in [0.717, 1.165) is 25.9 Å².